The summed E-state index contributed by atoms with van der Waals surface area (Å²) in [6.45, 7) is 0. The quantitative estimate of drug-likeness (QED) is 0.136. The number of rotatable bonds is 10. The van der Waals surface area contributed by atoms with Crippen LogP contribution in [0.15, 0.2) is 279 Å². The Labute approximate surface area is 414 Å². The van der Waals surface area contributed by atoms with Gasteiger partial charge in [0.25, 0.3) is 0 Å². The molecule has 0 N–H and O–H groups in total. The van der Waals surface area contributed by atoms with E-state index in [1.165, 1.54) is 33.0 Å². The minimum Gasteiger partial charge on any atom is -0.455 e. The number of ether oxygens (including phenoxy) is 1. The molecule has 3 nitrogen and oxygen atoms in total. The van der Waals surface area contributed by atoms with Crippen molar-refractivity contribution < 1.29 is 4.74 Å². The lowest BCUT2D eigenvalue weighted by atomic mass is 9.87. The highest BCUT2D eigenvalue weighted by Gasteiger charge is 2.26. The van der Waals surface area contributed by atoms with Gasteiger partial charge in [-0.1, -0.05) is 200 Å². The summed E-state index contributed by atoms with van der Waals surface area (Å²) in [4.78, 5) is 4.68. The van der Waals surface area contributed by atoms with Crippen molar-refractivity contribution in [1.29, 1.82) is 0 Å². The van der Waals surface area contributed by atoms with Crippen LogP contribution >= 0.6 is 0 Å². The number of anilines is 6. The van der Waals surface area contributed by atoms with Crippen LogP contribution in [0.3, 0.4) is 0 Å². The summed E-state index contributed by atoms with van der Waals surface area (Å²) in [6, 6.07) is 100. The van der Waals surface area contributed by atoms with E-state index in [1.807, 2.05) is 0 Å². The molecule has 0 saturated carbocycles. The molecule has 0 fully saturated rings. The second kappa shape index (κ2) is 17.9. The van der Waals surface area contributed by atoms with Crippen molar-refractivity contribution >= 4 is 55.7 Å². The topological polar surface area (TPSA) is 15.7 Å². The maximum atomic E-state index is 7.07. The molecule has 0 spiro atoms. The van der Waals surface area contributed by atoms with Crippen LogP contribution in [-0.2, 0) is 0 Å². The molecular formula is C68H46N2O. The van der Waals surface area contributed by atoms with Crippen LogP contribution in [0, 0.1) is 0 Å². The lowest BCUT2D eigenvalue weighted by Crippen LogP contribution is -2.10. The van der Waals surface area contributed by atoms with Crippen LogP contribution < -0.4 is 14.5 Å². The summed E-state index contributed by atoms with van der Waals surface area (Å²) < 4.78 is 7.07. The van der Waals surface area contributed by atoms with Gasteiger partial charge in [-0.3, -0.25) is 0 Å². The molecule has 12 aromatic carbocycles. The Morgan fingerprint density at radius 3 is 1.27 bits per heavy atom. The third kappa shape index (κ3) is 7.67. The Kier molecular flexibility index (Phi) is 10.5. The number of nitrogens with zero attached hydrogens (tertiary/aromatic N) is 2. The van der Waals surface area contributed by atoms with Crippen molar-refractivity contribution in [3.8, 4) is 67.1 Å². The Balaban J connectivity index is 0.914. The SMILES string of the molecule is c1ccc(-c2ccc(N(c3ccc(-c4ccccc4)cc3)c3cc(-c4ccc5c6c(cccc46)-c4cccc(-c6ccc(N(c7ccccc7)c7ccccc7)cc6)c4O5)c4ccccc4c3)cc2)cc1. The molecular weight excluding hydrogens is 861 g/mol. The molecule has 0 atom stereocenters. The van der Waals surface area contributed by atoms with E-state index < -0.39 is 0 Å². The molecule has 0 amide bonds. The average Bonchev–Trinajstić information content (AvgIpc) is 3.45. The zero-order valence-electron chi connectivity index (χ0n) is 38.9. The van der Waals surface area contributed by atoms with E-state index in [4.69, 9.17) is 4.74 Å². The molecule has 0 saturated heterocycles. The van der Waals surface area contributed by atoms with Crippen molar-refractivity contribution in [2.45, 2.75) is 0 Å². The lowest BCUT2D eigenvalue weighted by molar-refractivity contribution is 0.489. The van der Waals surface area contributed by atoms with Crippen LogP contribution in [0.4, 0.5) is 34.1 Å². The molecule has 1 heterocycles. The van der Waals surface area contributed by atoms with E-state index in [1.54, 1.807) is 0 Å². The fourth-order valence-electron chi connectivity index (χ4n) is 10.5. The van der Waals surface area contributed by atoms with E-state index in [2.05, 4.69) is 289 Å². The average molecular weight is 907 g/mol. The van der Waals surface area contributed by atoms with Crippen molar-refractivity contribution in [3.63, 3.8) is 0 Å². The van der Waals surface area contributed by atoms with Crippen LogP contribution in [-0.4, -0.2) is 0 Å². The van der Waals surface area contributed by atoms with Crippen LogP contribution in [0.2, 0.25) is 0 Å². The van der Waals surface area contributed by atoms with Crippen LogP contribution in [0.5, 0.6) is 11.5 Å². The first-order chi connectivity index (χ1) is 35.2. The van der Waals surface area contributed by atoms with Gasteiger partial charge in [0.2, 0.25) is 0 Å². The Hall–Kier alpha value is -9.44. The molecule has 1 aliphatic heterocycles. The maximum Gasteiger partial charge on any atom is 0.143 e. The zero-order valence-corrected chi connectivity index (χ0v) is 38.9. The van der Waals surface area contributed by atoms with Gasteiger partial charge in [0.05, 0.1) is 0 Å². The monoisotopic (exact) mass is 906 g/mol. The van der Waals surface area contributed by atoms with Crippen LogP contribution in [0.25, 0.3) is 77.2 Å². The van der Waals surface area contributed by atoms with E-state index >= 15 is 0 Å². The van der Waals surface area contributed by atoms with Crippen LogP contribution in [0.1, 0.15) is 0 Å². The largest absolute Gasteiger partial charge is 0.455 e. The normalized spacial score (nSPS) is 11.5. The molecule has 0 aliphatic carbocycles. The highest BCUT2D eigenvalue weighted by molar-refractivity contribution is 6.14. The smallest absolute Gasteiger partial charge is 0.143 e. The van der Waals surface area contributed by atoms with Gasteiger partial charge in [-0.2, -0.15) is 0 Å². The first kappa shape index (κ1) is 41.7. The summed E-state index contributed by atoms with van der Waals surface area (Å²) in [5.41, 5.74) is 18.0. The third-order valence-corrected chi connectivity index (χ3v) is 13.8. The third-order valence-electron chi connectivity index (χ3n) is 13.8. The first-order valence-electron chi connectivity index (χ1n) is 24.2. The molecule has 0 unspecified atom stereocenters. The summed E-state index contributed by atoms with van der Waals surface area (Å²) in [6.07, 6.45) is 0. The van der Waals surface area contributed by atoms with Gasteiger partial charge in [-0.15, -0.1) is 0 Å². The fourth-order valence-corrected chi connectivity index (χ4v) is 10.5. The van der Waals surface area contributed by atoms with Crippen molar-refractivity contribution in [1.82, 2.24) is 0 Å². The molecule has 12 aromatic rings. The molecule has 1 aliphatic rings. The number of benzene rings is 12. The predicted molar refractivity (Wildman–Crippen MR) is 298 cm³/mol. The maximum absolute atomic E-state index is 7.07. The summed E-state index contributed by atoms with van der Waals surface area (Å²) >= 11 is 0. The Morgan fingerprint density at radius 2 is 0.676 bits per heavy atom. The number of para-hydroxylation sites is 3. The molecule has 334 valence electrons. The molecule has 71 heavy (non-hydrogen) atoms. The van der Waals surface area contributed by atoms with Gasteiger partial charge in [0, 0.05) is 50.6 Å². The van der Waals surface area contributed by atoms with E-state index in [0.29, 0.717) is 0 Å². The Morgan fingerprint density at radius 1 is 0.239 bits per heavy atom. The zero-order chi connectivity index (χ0) is 47.1. The molecule has 13 rings (SSSR count). The van der Waals surface area contributed by atoms with E-state index in [0.717, 1.165) is 89.8 Å². The number of fused-ring (bicyclic) bond motifs is 3. The minimum atomic E-state index is 0.856. The predicted octanol–water partition coefficient (Wildman–Crippen LogP) is 19.4. The van der Waals surface area contributed by atoms with Crippen molar-refractivity contribution in [2.24, 2.45) is 0 Å². The summed E-state index contributed by atoms with van der Waals surface area (Å²) in [5, 5.41) is 4.62. The molecule has 0 bridgehead atoms. The first-order valence-corrected chi connectivity index (χ1v) is 24.2. The second-order valence-corrected chi connectivity index (χ2v) is 18.1. The van der Waals surface area contributed by atoms with Gasteiger partial charge >= 0.3 is 0 Å². The Bertz CT molecular complexity index is 3730. The van der Waals surface area contributed by atoms with Gasteiger partial charge in [0.1, 0.15) is 11.5 Å². The molecule has 3 heteroatoms. The van der Waals surface area contributed by atoms with Crippen molar-refractivity contribution in [2.75, 3.05) is 9.80 Å². The van der Waals surface area contributed by atoms with Gasteiger partial charge in [-0.25, -0.2) is 0 Å². The second-order valence-electron chi connectivity index (χ2n) is 18.1. The number of hydrogen-bond donors (Lipinski definition) is 0. The molecule has 0 radical (unpaired) electrons. The highest BCUT2D eigenvalue weighted by atomic mass is 16.5. The van der Waals surface area contributed by atoms with E-state index in [-0.39, 0.29) is 0 Å². The standard InChI is InChI=1S/C68H46N2O/c1-5-17-47(18-6-1)49-31-37-56(38-32-49)70(57-39-33-50(34-40-57)48-19-7-2-8-20-48)58-45-52-21-13-14-26-59(52)65(46-58)61-43-44-66-67-62(61)28-16-29-63(67)64-30-15-27-60(68(64)71-66)51-35-41-55(42-36-51)69(53-22-9-3-10-23-53)54-24-11-4-12-25-54/h1-46H. The highest BCUT2D eigenvalue weighted by Crippen LogP contribution is 2.53. The van der Waals surface area contributed by atoms with Gasteiger partial charge < -0.3 is 14.5 Å². The van der Waals surface area contributed by atoms with Gasteiger partial charge in [-0.05, 0) is 140 Å². The van der Waals surface area contributed by atoms with E-state index in [9.17, 15) is 0 Å². The minimum absolute atomic E-state index is 0.856. The fraction of sp³-hybridized carbons (Fsp3) is 0. The molecule has 0 aromatic heterocycles. The number of hydrogen-bond acceptors (Lipinski definition) is 3. The van der Waals surface area contributed by atoms with Crippen molar-refractivity contribution in [3.05, 3.63) is 279 Å². The summed E-state index contributed by atoms with van der Waals surface area (Å²) in [5.74, 6) is 1.73. The lowest BCUT2D eigenvalue weighted by Gasteiger charge is -2.28. The summed E-state index contributed by atoms with van der Waals surface area (Å²) in [7, 11) is 0. The van der Waals surface area contributed by atoms with Gasteiger partial charge in [0.15, 0.2) is 0 Å².